The van der Waals surface area contributed by atoms with Crippen molar-refractivity contribution in [3.63, 3.8) is 0 Å². The van der Waals surface area contributed by atoms with E-state index in [-0.39, 0.29) is 0 Å². The second kappa shape index (κ2) is 4.47. The van der Waals surface area contributed by atoms with E-state index in [0.29, 0.717) is 0 Å². The van der Waals surface area contributed by atoms with Gasteiger partial charge in [-0.15, -0.1) is 12.6 Å². The largest absolute Gasteiger partial charge is 0.333 e. The van der Waals surface area contributed by atoms with Gasteiger partial charge < -0.3 is 4.98 Å². The molecule has 0 aliphatic carbocycles. The summed E-state index contributed by atoms with van der Waals surface area (Å²) in [5, 5.41) is 0.896. The zero-order chi connectivity index (χ0) is 11.7. The van der Waals surface area contributed by atoms with Gasteiger partial charge in [0.25, 0.3) is 0 Å². The van der Waals surface area contributed by atoms with Crippen LogP contribution in [0.3, 0.4) is 0 Å². The Morgan fingerprint density at radius 3 is 2.59 bits per heavy atom. The average Bonchev–Trinajstić information content (AvgIpc) is 2.74. The maximum atomic E-state index is 4.52. The molecule has 0 saturated carbocycles. The van der Waals surface area contributed by atoms with Crippen molar-refractivity contribution in [2.24, 2.45) is 0 Å². The summed E-state index contributed by atoms with van der Waals surface area (Å²) in [6, 6.07) is 16.0. The van der Waals surface area contributed by atoms with Crippen LogP contribution in [0, 0.1) is 0 Å². The normalized spacial score (nSPS) is 10.9. The highest BCUT2D eigenvalue weighted by molar-refractivity contribution is 7.99. The smallest absolute Gasteiger partial charge is 0.171 e. The molecule has 84 valence electrons. The zero-order valence-corrected chi connectivity index (χ0v) is 10.6. The van der Waals surface area contributed by atoms with Crippen LogP contribution in [0.2, 0.25) is 0 Å². The van der Waals surface area contributed by atoms with Crippen molar-refractivity contribution in [2.45, 2.75) is 14.9 Å². The van der Waals surface area contributed by atoms with Crippen molar-refractivity contribution in [1.29, 1.82) is 0 Å². The first kappa shape index (κ1) is 10.7. The first-order valence-electron chi connectivity index (χ1n) is 5.23. The molecule has 2 aromatic carbocycles. The number of nitrogens with zero attached hydrogens (tertiary/aromatic N) is 1. The highest BCUT2D eigenvalue weighted by Gasteiger charge is 2.05. The summed E-state index contributed by atoms with van der Waals surface area (Å²) in [5.41, 5.74) is 2.05. The molecule has 3 rings (SSSR count). The van der Waals surface area contributed by atoms with E-state index in [0.717, 1.165) is 26.0 Å². The standard InChI is InChI=1S/C13H10N2S2/c16-11-7-3-4-8-12(11)17-13-14-9-5-1-2-6-10(9)15-13/h1-8,16H,(H,14,15). The second-order valence-electron chi connectivity index (χ2n) is 3.63. The van der Waals surface area contributed by atoms with Gasteiger partial charge in [-0.05, 0) is 24.3 Å². The second-order valence-corrected chi connectivity index (χ2v) is 5.14. The van der Waals surface area contributed by atoms with Gasteiger partial charge >= 0.3 is 0 Å². The van der Waals surface area contributed by atoms with Crippen LogP contribution in [0.25, 0.3) is 11.0 Å². The lowest BCUT2D eigenvalue weighted by molar-refractivity contribution is 1.07. The summed E-state index contributed by atoms with van der Waals surface area (Å²) in [6.07, 6.45) is 0. The molecule has 0 bridgehead atoms. The molecular formula is C13H10N2S2. The summed E-state index contributed by atoms with van der Waals surface area (Å²) in [7, 11) is 0. The van der Waals surface area contributed by atoms with Gasteiger partial charge in [-0.2, -0.15) is 0 Å². The predicted molar refractivity (Wildman–Crippen MR) is 73.9 cm³/mol. The lowest BCUT2D eigenvalue weighted by atomic mass is 10.3. The van der Waals surface area contributed by atoms with Gasteiger partial charge in [0, 0.05) is 9.79 Å². The molecule has 0 radical (unpaired) electrons. The van der Waals surface area contributed by atoms with Gasteiger partial charge in [0.05, 0.1) is 11.0 Å². The van der Waals surface area contributed by atoms with E-state index in [2.05, 4.69) is 22.6 Å². The zero-order valence-electron chi connectivity index (χ0n) is 8.92. The van der Waals surface area contributed by atoms with Crippen molar-refractivity contribution in [1.82, 2.24) is 9.97 Å². The molecule has 1 N–H and O–H groups in total. The highest BCUT2D eigenvalue weighted by Crippen LogP contribution is 2.31. The molecule has 0 amide bonds. The first-order valence-corrected chi connectivity index (χ1v) is 6.50. The lowest BCUT2D eigenvalue weighted by Crippen LogP contribution is -1.77. The Hall–Kier alpha value is -1.39. The van der Waals surface area contributed by atoms with Gasteiger partial charge in [-0.3, -0.25) is 0 Å². The number of thiol groups is 1. The topological polar surface area (TPSA) is 28.7 Å². The van der Waals surface area contributed by atoms with Crippen LogP contribution in [0.5, 0.6) is 0 Å². The van der Waals surface area contributed by atoms with Gasteiger partial charge in [-0.25, -0.2) is 4.98 Å². The summed E-state index contributed by atoms with van der Waals surface area (Å²) < 4.78 is 0. The van der Waals surface area contributed by atoms with Crippen LogP contribution in [-0.4, -0.2) is 9.97 Å². The molecule has 0 aliphatic heterocycles. The van der Waals surface area contributed by atoms with E-state index in [1.54, 1.807) is 11.8 Å². The maximum Gasteiger partial charge on any atom is 0.171 e. The third-order valence-electron chi connectivity index (χ3n) is 2.44. The molecule has 17 heavy (non-hydrogen) atoms. The van der Waals surface area contributed by atoms with E-state index in [4.69, 9.17) is 0 Å². The molecule has 0 unspecified atom stereocenters. The molecule has 3 aromatic rings. The molecule has 0 spiro atoms. The van der Waals surface area contributed by atoms with E-state index in [1.165, 1.54) is 0 Å². The number of imidazole rings is 1. The number of benzene rings is 2. The molecule has 0 fully saturated rings. The monoisotopic (exact) mass is 258 g/mol. The summed E-state index contributed by atoms with van der Waals surface area (Å²) >= 11 is 6.03. The molecule has 1 heterocycles. The molecule has 0 aliphatic rings. The highest BCUT2D eigenvalue weighted by atomic mass is 32.2. The summed E-state index contributed by atoms with van der Waals surface area (Å²) in [6.45, 7) is 0. The number of aromatic nitrogens is 2. The Labute approximate surface area is 109 Å². The van der Waals surface area contributed by atoms with Gasteiger partial charge in [0.15, 0.2) is 5.16 Å². The van der Waals surface area contributed by atoms with E-state index in [1.807, 2.05) is 48.5 Å². The lowest BCUT2D eigenvalue weighted by Gasteiger charge is -2.00. The average molecular weight is 258 g/mol. The van der Waals surface area contributed by atoms with E-state index in [9.17, 15) is 0 Å². The van der Waals surface area contributed by atoms with Gasteiger partial charge in [0.2, 0.25) is 0 Å². The number of aromatic amines is 1. The predicted octanol–water partition coefficient (Wildman–Crippen LogP) is 4.00. The van der Waals surface area contributed by atoms with E-state index < -0.39 is 0 Å². The summed E-state index contributed by atoms with van der Waals surface area (Å²) in [5.74, 6) is 0. The van der Waals surface area contributed by atoms with Crippen molar-refractivity contribution in [3.8, 4) is 0 Å². The number of fused-ring (bicyclic) bond motifs is 1. The van der Waals surface area contributed by atoms with Crippen LogP contribution in [0.4, 0.5) is 0 Å². The van der Waals surface area contributed by atoms with Crippen molar-refractivity contribution < 1.29 is 0 Å². The van der Waals surface area contributed by atoms with Gasteiger partial charge in [0.1, 0.15) is 0 Å². The van der Waals surface area contributed by atoms with Crippen LogP contribution in [0.15, 0.2) is 63.5 Å². The van der Waals surface area contributed by atoms with Gasteiger partial charge in [-0.1, -0.05) is 36.0 Å². The summed E-state index contributed by atoms with van der Waals surface area (Å²) in [4.78, 5) is 9.89. The van der Waals surface area contributed by atoms with E-state index >= 15 is 0 Å². The Balaban J connectivity index is 1.98. The number of rotatable bonds is 2. The fraction of sp³-hybridized carbons (Fsp3) is 0. The third kappa shape index (κ3) is 2.18. The molecule has 1 aromatic heterocycles. The Morgan fingerprint density at radius 2 is 1.76 bits per heavy atom. The molecular weight excluding hydrogens is 248 g/mol. The molecule has 4 heteroatoms. The number of hydrogen-bond donors (Lipinski definition) is 2. The number of para-hydroxylation sites is 2. The van der Waals surface area contributed by atoms with Crippen LogP contribution < -0.4 is 0 Å². The minimum absolute atomic E-state index is 0.896. The number of hydrogen-bond acceptors (Lipinski definition) is 3. The SMILES string of the molecule is Sc1ccccc1Sc1nc2ccccc2[nH]1. The third-order valence-corrected chi connectivity index (χ3v) is 3.94. The van der Waals surface area contributed by atoms with Crippen LogP contribution in [0.1, 0.15) is 0 Å². The van der Waals surface area contributed by atoms with Crippen molar-refractivity contribution >= 4 is 35.4 Å². The minimum atomic E-state index is 0.896. The Morgan fingerprint density at radius 1 is 1.00 bits per heavy atom. The minimum Gasteiger partial charge on any atom is -0.333 e. The quantitative estimate of drug-likeness (QED) is 0.680. The first-order chi connectivity index (χ1) is 8.33. The molecule has 2 nitrogen and oxygen atoms in total. The Kier molecular flexibility index (Phi) is 2.82. The Bertz CT molecular complexity index is 628. The maximum absolute atomic E-state index is 4.52. The van der Waals surface area contributed by atoms with Crippen molar-refractivity contribution in [3.05, 3.63) is 48.5 Å². The number of H-pyrrole nitrogens is 1. The van der Waals surface area contributed by atoms with Crippen LogP contribution in [-0.2, 0) is 0 Å². The van der Waals surface area contributed by atoms with Crippen LogP contribution >= 0.6 is 24.4 Å². The van der Waals surface area contributed by atoms with Crippen molar-refractivity contribution in [2.75, 3.05) is 0 Å². The molecule has 0 atom stereocenters. The fourth-order valence-corrected chi connectivity index (χ4v) is 2.76. The molecule has 0 saturated heterocycles. The number of nitrogens with one attached hydrogen (secondary N) is 1. The fourth-order valence-electron chi connectivity index (χ4n) is 1.63.